The van der Waals surface area contributed by atoms with Crippen LogP contribution >= 0.6 is 11.3 Å². The SMILES string of the molecule is Cc1ncc(CNC2CCOC3(CCOC3)C2)s1. The summed E-state index contributed by atoms with van der Waals surface area (Å²) in [4.78, 5) is 5.60. The van der Waals surface area contributed by atoms with E-state index in [1.165, 1.54) is 4.88 Å². The van der Waals surface area contributed by atoms with Gasteiger partial charge in [0.15, 0.2) is 0 Å². The molecule has 0 aliphatic carbocycles. The van der Waals surface area contributed by atoms with Gasteiger partial charge in [-0.2, -0.15) is 0 Å². The Kier molecular flexibility index (Phi) is 3.66. The number of aryl methyl sites for hydroxylation is 1. The van der Waals surface area contributed by atoms with Gasteiger partial charge in [-0.3, -0.25) is 0 Å². The van der Waals surface area contributed by atoms with Crippen LogP contribution in [0.5, 0.6) is 0 Å². The molecule has 1 spiro atoms. The quantitative estimate of drug-likeness (QED) is 0.909. The maximum Gasteiger partial charge on any atom is 0.0951 e. The molecule has 1 N–H and O–H groups in total. The molecule has 4 nitrogen and oxygen atoms in total. The van der Waals surface area contributed by atoms with E-state index >= 15 is 0 Å². The van der Waals surface area contributed by atoms with Crippen LogP contribution in [0, 0.1) is 6.92 Å². The van der Waals surface area contributed by atoms with Gasteiger partial charge in [-0.25, -0.2) is 4.98 Å². The molecule has 18 heavy (non-hydrogen) atoms. The van der Waals surface area contributed by atoms with Crippen molar-refractivity contribution in [2.24, 2.45) is 0 Å². The number of nitrogens with zero attached hydrogens (tertiary/aromatic N) is 1. The largest absolute Gasteiger partial charge is 0.378 e. The van der Waals surface area contributed by atoms with E-state index in [0.717, 1.165) is 50.6 Å². The Bertz CT molecular complexity index is 401. The molecule has 0 radical (unpaired) electrons. The third-order valence-corrected chi connectivity index (χ3v) is 4.71. The predicted molar refractivity (Wildman–Crippen MR) is 70.8 cm³/mol. The van der Waals surface area contributed by atoms with Crippen LogP contribution in [-0.4, -0.2) is 36.4 Å². The lowest BCUT2D eigenvalue weighted by atomic mass is 9.90. The molecule has 3 rings (SSSR count). The molecule has 1 aromatic heterocycles. The number of ether oxygens (including phenoxy) is 2. The molecule has 2 fully saturated rings. The highest BCUT2D eigenvalue weighted by Crippen LogP contribution is 2.32. The second-order valence-corrected chi connectivity index (χ2v) is 6.57. The maximum atomic E-state index is 5.94. The third-order valence-electron chi connectivity index (χ3n) is 3.79. The zero-order chi connectivity index (χ0) is 12.4. The van der Waals surface area contributed by atoms with Gasteiger partial charge >= 0.3 is 0 Å². The molecule has 0 saturated carbocycles. The Morgan fingerprint density at radius 3 is 3.22 bits per heavy atom. The molecule has 5 heteroatoms. The number of nitrogens with one attached hydrogen (secondary N) is 1. The van der Waals surface area contributed by atoms with Crippen LogP contribution in [-0.2, 0) is 16.0 Å². The van der Waals surface area contributed by atoms with Crippen molar-refractivity contribution in [1.82, 2.24) is 10.3 Å². The number of hydrogen-bond acceptors (Lipinski definition) is 5. The molecule has 100 valence electrons. The van der Waals surface area contributed by atoms with E-state index < -0.39 is 0 Å². The zero-order valence-corrected chi connectivity index (χ0v) is 11.6. The van der Waals surface area contributed by atoms with E-state index in [2.05, 4.69) is 10.3 Å². The van der Waals surface area contributed by atoms with Crippen LogP contribution in [0.25, 0.3) is 0 Å². The van der Waals surface area contributed by atoms with Crippen LogP contribution in [0.3, 0.4) is 0 Å². The lowest BCUT2D eigenvalue weighted by Crippen LogP contribution is -2.47. The fraction of sp³-hybridized carbons (Fsp3) is 0.769. The highest BCUT2D eigenvalue weighted by molar-refractivity contribution is 7.11. The average Bonchev–Trinajstić information content (AvgIpc) is 2.97. The summed E-state index contributed by atoms with van der Waals surface area (Å²) in [5.74, 6) is 0. The summed E-state index contributed by atoms with van der Waals surface area (Å²) in [6.07, 6.45) is 5.19. The topological polar surface area (TPSA) is 43.4 Å². The summed E-state index contributed by atoms with van der Waals surface area (Å²) in [6.45, 7) is 5.44. The third kappa shape index (κ3) is 2.74. The predicted octanol–water partition coefficient (Wildman–Crippen LogP) is 1.88. The van der Waals surface area contributed by atoms with Gasteiger partial charge in [-0.05, 0) is 19.8 Å². The van der Waals surface area contributed by atoms with Crippen LogP contribution < -0.4 is 5.32 Å². The molecule has 0 amide bonds. The smallest absolute Gasteiger partial charge is 0.0951 e. The Labute approximate surface area is 112 Å². The van der Waals surface area contributed by atoms with Gasteiger partial charge in [0.05, 0.1) is 17.2 Å². The second-order valence-electron chi connectivity index (χ2n) is 5.25. The van der Waals surface area contributed by atoms with E-state index in [-0.39, 0.29) is 5.60 Å². The van der Waals surface area contributed by atoms with Gasteiger partial charge in [-0.15, -0.1) is 11.3 Å². The lowest BCUT2D eigenvalue weighted by Gasteiger charge is -2.37. The van der Waals surface area contributed by atoms with E-state index in [0.29, 0.717) is 6.04 Å². The average molecular weight is 268 g/mol. The Hall–Kier alpha value is -0.490. The molecule has 2 unspecified atom stereocenters. The molecule has 2 aliphatic rings. The van der Waals surface area contributed by atoms with Crippen LogP contribution in [0.4, 0.5) is 0 Å². The molecule has 2 aliphatic heterocycles. The normalized spacial score (nSPS) is 32.2. The fourth-order valence-electron chi connectivity index (χ4n) is 2.80. The minimum Gasteiger partial charge on any atom is -0.378 e. The Morgan fingerprint density at radius 1 is 1.56 bits per heavy atom. The molecule has 0 aromatic carbocycles. The summed E-state index contributed by atoms with van der Waals surface area (Å²) in [6, 6.07) is 0.544. The Balaban J connectivity index is 1.53. The molecule has 3 heterocycles. The minimum absolute atomic E-state index is 0.000463. The van der Waals surface area contributed by atoms with E-state index in [1.54, 1.807) is 11.3 Å². The van der Waals surface area contributed by atoms with Crippen molar-refractivity contribution in [3.8, 4) is 0 Å². The number of thiazole rings is 1. The van der Waals surface area contributed by atoms with Crippen molar-refractivity contribution in [2.75, 3.05) is 19.8 Å². The van der Waals surface area contributed by atoms with Gasteiger partial charge < -0.3 is 14.8 Å². The first kappa shape index (κ1) is 12.5. The van der Waals surface area contributed by atoms with Crippen molar-refractivity contribution >= 4 is 11.3 Å². The van der Waals surface area contributed by atoms with Crippen molar-refractivity contribution in [3.05, 3.63) is 16.1 Å². The van der Waals surface area contributed by atoms with Crippen molar-refractivity contribution in [3.63, 3.8) is 0 Å². The van der Waals surface area contributed by atoms with Crippen LogP contribution in [0.2, 0.25) is 0 Å². The molecule has 1 aromatic rings. The number of rotatable bonds is 3. The number of hydrogen-bond donors (Lipinski definition) is 1. The standard InChI is InChI=1S/C13H20N2O2S/c1-10-14-7-12(18-10)8-15-11-2-4-17-13(6-11)3-5-16-9-13/h7,11,15H,2-6,8-9H2,1H3. The fourth-order valence-corrected chi connectivity index (χ4v) is 3.54. The van der Waals surface area contributed by atoms with Gasteiger partial charge in [0.2, 0.25) is 0 Å². The van der Waals surface area contributed by atoms with Crippen LogP contribution in [0.15, 0.2) is 6.20 Å². The van der Waals surface area contributed by atoms with E-state index in [4.69, 9.17) is 9.47 Å². The maximum absolute atomic E-state index is 5.94. The summed E-state index contributed by atoms with van der Waals surface area (Å²) >= 11 is 1.77. The van der Waals surface area contributed by atoms with Crippen molar-refractivity contribution < 1.29 is 9.47 Å². The first-order valence-corrected chi connectivity index (χ1v) is 7.44. The van der Waals surface area contributed by atoms with Crippen molar-refractivity contribution in [2.45, 2.75) is 44.4 Å². The molecule has 0 bridgehead atoms. The summed E-state index contributed by atoms with van der Waals surface area (Å²) in [5.41, 5.74) is -0.000463. The highest BCUT2D eigenvalue weighted by Gasteiger charge is 2.40. The number of aromatic nitrogens is 1. The second kappa shape index (κ2) is 5.25. The van der Waals surface area contributed by atoms with Gasteiger partial charge in [0.25, 0.3) is 0 Å². The molecular formula is C13H20N2O2S. The van der Waals surface area contributed by atoms with E-state index in [9.17, 15) is 0 Å². The highest BCUT2D eigenvalue weighted by atomic mass is 32.1. The molecule has 2 saturated heterocycles. The summed E-state index contributed by atoms with van der Waals surface area (Å²) in [7, 11) is 0. The first-order chi connectivity index (χ1) is 8.76. The molecule has 2 atom stereocenters. The monoisotopic (exact) mass is 268 g/mol. The summed E-state index contributed by atoms with van der Waals surface area (Å²) < 4.78 is 11.4. The lowest BCUT2D eigenvalue weighted by molar-refractivity contribution is -0.0894. The van der Waals surface area contributed by atoms with Gasteiger partial charge in [0, 0.05) is 43.3 Å². The van der Waals surface area contributed by atoms with Gasteiger partial charge in [0.1, 0.15) is 0 Å². The zero-order valence-electron chi connectivity index (χ0n) is 10.8. The van der Waals surface area contributed by atoms with Crippen LogP contribution in [0.1, 0.15) is 29.1 Å². The van der Waals surface area contributed by atoms with Crippen molar-refractivity contribution in [1.29, 1.82) is 0 Å². The van der Waals surface area contributed by atoms with E-state index in [1.807, 2.05) is 13.1 Å². The summed E-state index contributed by atoms with van der Waals surface area (Å²) in [5, 5.41) is 4.78. The van der Waals surface area contributed by atoms with Gasteiger partial charge in [-0.1, -0.05) is 0 Å². The first-order valence-electron chi connectivity index (χ1n) is 6.62. The minimum atomic E-state index is -0.000463. The molecular weight excluding hydrogens is 248 g/mol. The Morgan fingerprint density at radius 2 is 2.50 bits per heavy atom.